The third kappa shape index (κ3) is 4.33. The van der Waals surface area contributed by atoms with E-state index in [9.17, 15) is 0 Å². The summed E-state index contributed by atoms with van der Waals surface area (Å²) in [6.45, 7) is 7.22. The van der Waals surface area contributed by atoms with Crippen LogP contribution in [0.4, 0.5) is 0 Å². The number of ether oxygens (including phenoxy) is 1. The molecule has 0 fully saturated rings. The van der Waals surface area contributed by atoms with E-state index >= 15 is 0 Å². The van der Waals surface area contributed by atoms with Crippen molar-refractivity contribution >= 4 is 0 Å². The Morgan fingerprint density at radius 3 is 2.71 bits per heavy atom. The first-order valence-corrected chi connectivity index (χ1v) is 7.58. The van der Waals surface area contributed by atoms with Gasteiger partial charge >= 0.3 is 0 Å². The summed E-state index contributed by atoms with van der Waals surface area (Å²) in [5.41, 5.74) is 2.38. The third-order valence-electron chi connectivity index (χ3n) is 3.22. The molecule has 1 atom stereocenters. The highest BCUT2D eigenvalue weighted by atomic mass is 16.5. The van der Waals surface area contributed by atoms with E-state index in [1.807, 2.05) is 43.9 Å². The molecule has 0 aliphatic rings. The zero-order chi connectivity index (χ0) is 15.2. The monoisotopic (exact) mass is 287 g/mol. The Labute approximate surface area is 127 Å². The molecular formula is C17H25N3O. The molecule has 0 bridgehead atoms. The number of aryl methyl sites for hydroxylation is 1. The molecule has 0 aliphatic carbocycles. The van der Waals surface area contributed by atoms with Crippen LogP contribution in [-0.2, 0) is 7.05 Å². The zero-order valence-corrected chi connectivity index (χ0v) is 13.3. The van der Waals surface area contributed by atoms with Crippen LogP contribution in [0.3, 0.4) is 0 Å². The number of hydrogen-bond acceptors (Lipinski definition) is 3. The van der Waals surface area contributed by atoms with Crippen molar-refractivity contribution in [2.75, 3.05) is 6.54 Å². The van der Waals surface area contributed by atoms with Gasteiger partial charge in [-0.3, -0.25) is 4.68 Å². The quantitative estimate of drug-likeness (QED) is 0.849. The second-order valence-corrected chi connectivity index (χ2v) is 5.57. The lowest BCUT2D eigenvalue weighted by atomic mass is 10.0. The lowest BCUT2D eigenvalue weighted by Gasteiger charge is -2.19. The van der Waals surface area contributed by atoms with E-state index in [2.05, 4.69) is 35.7 Å². The number of nitrogens with one attached hydrogen (secondary N) is 1. The Kier molecular flexibility index (Phi) is 5.39. The Balaban J connectivity index is 2.27. The number of rotatable bonds is 7. The first-order chi connectivity index (χ1) is 10.1. The molecule has 0 aliphatic heterocycles. The summed E-state index contributed by atoms with van der Waals surface area (Å²) >= 11 is 0. The SMILES string of the molecule is CCCNC(c1cccc(OC(C)C)c1)c1cnn(C)c1. The van der Waals surface area contributed by atoms with Crippen molar-refractivity contribution in [1.82, 2.24) is 15.1 Å². The summed E-state index contributed by atoms with van der Waals surface area (Å²) in [7, 11) is 1.94. The summed E-state index contributed by atoms with van der Waals surface area (Å²) in [4.78, 5) is 0. The molecular weight excluding hydrogens is 262 g/mol. The number of hydrogen-bond donors (Lipinski definition) is 1. The van der Waals surface area contributed by atoms with E-state index in [0.29, 0.717) is 0 Å². The van der Waals surface area contributed by atoms with E-state index in [1.165, 1.54) is 11.1 Å². The number of nitrogens with zero attached hydrogens (tertiary/aromatic N) is 2. The van der Waals surface area contributed by atoms with Crippen LogP contribution >= 0.6 is 0 Å². The van der Waals surface area contributed by atoms with Crippen molar-refractivity contribution in [3.63, 3.8) is 0 Å². The Bertz CT molecular complexity index is 563. The average molecular weight is 287 g/mol. The van der Waals surface area contributed by atoms with Gasteiger partial charge in [0.1, 0.15) is 5.75 Å². The van der Waals surface area contributed by atoms with Gasteiger partial charge in [0.15, 0.2) is 0 Å². The highest BCUT2D eigenvalue weighted by Gasteiger charge is 2.15. The molecule has 1 aromatic carbocycles. The van der Waals surface area contributed by atoms with Gasteiger partial charge in [0.2, 0.25) is 0 Å². The predicted octanol–water partition coefficient (Wildman–Crippen LogP) is 3.30. The van der Waals surface area contributed by atoms with Crippen LogP contribution < -0.4 is 10.1 Å². The van der Waals surface area contributed by atoms with Crippen molar-refractivity contribution < 1.29 is 4.74 Å². The van der Waals surface area contributed by atoms with Crippen LogP contribution in [0.25, 0.3) is 0 Å². The van der Waals surface area contributed by atoms with Crippen molar-refractivity contribution in [1.29, 1.82) is 0 Å². The molecule has 4 heteroatoms. The van der Waals surface area contributed by atoms with Crippen LogP contribution in [0, 0.1) is 0 Å². The fourth-order valence-corrected chi connectivity index (χ4v) is 2.35. The second-order valence-electron chi connectivity index (χ2n) is 5.57. The van der Waals surface area contributed by atoms with Gasteiger partial charge in [0, 0.05) is 18.8 Å². The zero-order valence-electron chi connectivity index (χ0n) is 13.3. The Morgan fingerprint density at radius 1 is 1.29 bits per heavy atom. The van der Waals surface area contributed by atoms with Gasteiger partial charge < -0.3 is 10.1 Å². The second kappa shape index (κ2) is 7.27. The molecule has 4 nitrogen and oxygen atoms in total. The van der Waals surface area contributed by atoms with Gasteiger partial charge in [-0.05, 0) is 44.5 Å². The standard InChI is InChI=1S/C17H25N3O/c1-5-9-18-17(15-11-19-20(4)12-15)14-7-6-8-16(10-14)21-13(2)3/h6-8,10-13,17-18H,5,9H2,1-4H3. The highest BCUT2D eigenvalue weighted by molar-refractivity contribution is 5.35. The molecule has 1 N–H and O–H groups in total. The Hall–Kier alpha value is -1.81. The van der Waals surface area contributed by atoms with Crippen molar-refractivity contribution in [3.05, 3.63) is 47.8 Å². The normalized spacial score (nSPS) is 12.6. The summed E-state index contributed by atoms with van der Waals surface area (Å²) in [6.07, 6.45) is 5.26. The van der Waals surface area contributed by atoms with Crippen molar-refractivity contribution in [2.45, 2.75) is 39.3 Å². The van der Waals surface area contributed by atoms with E-state index in [-0.39, 0.29) is 12.1 Å². The van der Waals surface area contributed by atoms with E-state index in [1.54, 1.807) is 0 Å². The van der Waals surface area contributed by atoms with Crippen molar-refractivity contribution in [2.24, 2.45) is 7.05 Å². The molecule has 0 amide bonds. The molecule has 21 heavy (non-hydrogen) atoms. The van der Waals surface area contributed by atoms with Crippen molar-refractivity contribution in [3.8, 4) is 5.75 Å². The lowest BCUT2D eigenvalue weighted by Crippen LogP contribution is -2.23. The first-order valence-electron chi connectivity index (χ1n) is 7.58. The number of aromatic nitrogens is 2. The molecule has 1 heterocycles. The fraction of sp³-hybridized carbons (Fsp3) is 0.471. The maximum atomic E-state index is 5.80. The van der Waals surface area contributed by atoms with Crippen LogP contribution in [0.2, 0.25) is 0 Å². The lowest BCUT2D eigenvalue weighted by molar-refractivity contribution is 0.242. The minimum atomic E-state index is 0.148. The third-order valence-corrected chi connectivity index (χ3v) is 3.22. The number of benzene rings is 1. The smallest absolute Gasteiger partial charge is 0.120 e. The summed E-state index contributed by atoms with van der Waals surface area (Å²) in [5.74, 6) is 0.912. The van der Waals surface area contributed by atoms with E-state index in [4.69, 9.17) is 4.74 Å². The van der Waals surface area contributed by atoms with Crippen LogP contribution in [-0.4, -0.2) is 22.4 Å². The van der Waals surface area contributed by atoms with Crippen LogP contribution in [0.5, 0.6) is 5.75 Å². The minimum Gasteiger partial charge on any atom is -0.491 e. The minimum absolute atomic E-state index is 0.148. The molecule has 0 saturated carbocycles. The van der Waals surface area contributed by atoms with E-state index in [0.717, 1.165) is 18.7 Å². The molecule has 0 spiro atoms. The maximum Gasteiger partial charge on any atom is 0.120 e. The maximum absolute atomic E-state index is 5.80. The molecule has 0 radical (unpaired) electrons. The van der Waals surface area contributed by atoms with Gasteiger partial charge in [0.05, 0.1) is 18.3 Å². The molecule has 114 valence electrons. The van der Waals surface area contributed by atoms with Gasteiger partial charge in [-0.25, -0.2) is 0 Å². The van der Waals surface area contributed by atoms with Gasteiger partial charge in [-0.15, -0.1) is 0 Å². The van der Waals surface area contributed by atoms with Gasteiger partial charge in [-0.2, -0.15) is 5.10 Å². The molecule has 2 aromatic rings. The Morgan fingerprint density at radius 2 is 2.10 bits per heavy atom. The highest BCUT2D eigenvalue weighted by Crippen LogP contribution is 2.25. The first kappa shape index (κ1) is 15.6. The van der Waals surface area contributed by atoms with E-state index < -0.39 is 0 Å². The van der Waals surface area contributed by atoms with Gasteiger partial charge in [-0.1, -0.05) is 19.1 Å². The topological polar surface area (TPSA) is 39.1 Å². The largest absolute Gasteiger partial charge is 0.491 e. The summed E-state index contributed by atoms with van der Waals surface area (Å²) < 4.78 is 7.64. The molecule has 2 rings (SSSR count). The summed E-state index contributed by atoms with van der Waals surface area (Å²) in [5, 5.41) is 7.87. The average Bonchev–Trinajstić information content (AvgIpc) is 2.85. The fourth-order valence-electron chi connectivity index (χ4n) is 2.35. The molecule has 0 saturated heterocycles. The van der Waals surface area contributed by atoms with Crippen LogP contribution in [0.1, 0.15) is 44.4 Å². The molecule has 1 unspecified atom stereocenters. The summed E-state index contributed by atoms with van der Waals surface area (Å²) in [6, 6.07) is 8.44. The molecule has 1 aromatic heterocycles. The predicted molar refractivity (Wildman–Crippen MR) is 85.6 cm³/mol. The van der Waals surface area contributed by atoms with Gasteiger partial charge in [0.25, 0.3) is 0 Å². The van der Waals surface area contributed by atoms with Crippen LogP contribution in [0.15, 0.2) is 36.7 Å².